The van der Waals surface area contributed by atoms with Crippen LogP contribution in [0.15, 0.2) is 41.3 Å². The molecule has 2 aromatic carbocycles. The summed E-state index contributed by atoms with van der Waals surface area (Å²) in [6.45, 7) is 3.76. The lowest BCUT2D eigenvalue weighted by molar-refractivity contribution is -0.181. The number of nitrogens with zero attached hydrogens (tertiary/aromatic N) is 2. The summed E-state index contributed by atoms with van der Waals surface area (Å²) < 4.78 is 37.7. The molecule has 13 heteroatoms. The van der Waals surface area contributed by atoms with Crippen molar-refractivity contribution in [3.8, 4) is 0 Å². The van der Waals surface area contributed by atoms with E-state index in [1.807, 2.05) is 0 Å². The lowest BCUT2D eigenvalue weighted by atomic mass is 9.85. The van der Waals surface area contributed by atoms with Crippen molar-refractivity contribution in [2.45, 2.75) is 63.2 Å². The third-order valence-electron chi connectivity index (χ3n) is 7.37. The Bertz CT molecular complexity index is 1420. The molecule has 2 aliphatic rings. The largest absolute Gasteiger partial charge is 0.426 e. The van der Waals surface area contributed by atoms with Crippen LogP contribution in [-0.4, -0.2) is 79.8 Å². The number of rotatable bonds is 8. The lowest BCUT2D eigenvalue weighted by Crippen LogP contribution is -2.52. The highest BCUT2D eigenvalue weighted by Crippen LogP contribution is 2.28. The number of carbonyl (C=O) groups is 3. The molecule has 1 amide bonds. The molecule has 1 saturated heterocycles. The molecule has 1 unspecified atom stereocenters. The van der Waals surface area contributed by atoms with Crippen LogP contribution in [0.3, 0.4) is 0 Å². The number of halogens is 1. The zero-order chi connectivity index (χ0) is 29.7. The number of sulfonamides is 1. The Morgan fingerprint density at radius 3 is 2.29 bits per heavy atom. The van der Waals surface area contributed by atoms with Gasteiger partial charge >= 0.3 is 11.9 Å². The molecule has 2 fully saturated rings. The molecule has 2 aromatic rings. The van der Waals surface area contributed by atoms with E-state index in [9.17, 15) is 22.8 Å². The molecule has 41 heavy (non-hydrogen) atoms. The summed E-state index contributed by atoms with van der Waals surface area (Å²) in [5.74, 6) is -1.36. The van der Waals surface area contributed by atoms with Crippen LogP contribution in [-0.2, 0) is 33.9 Å². The van der Waals surface area contributed by atoms with Gasteiger partial charge in [-0.15, -0.1) is 0 Å². The first kappa shape index (κ1) is 30.7. The zero-order valence-electron chi connectivity index (χ0n) is 23.1. The monoisotopic (exact) mass is 606 g/mol. The summed E-state index contributed by atoms with van der Waals surface area (Å²) in [5.41, 5.74) is 0. The van der Waals surface area contributed by atoms with Gasteiger partial charge in [-0.2, -0.15) is 4.31 Å². The number of nitrogens with one attached hydrogen (secondary N) is 2. The van der Waals surface area contributed by atoms with Gasteiger partial charge in [-0.25, -0.2) is 8.42 Å². The number of hydrogen-bond donors (Lipinski definition) is 2. The van der Waals surface area contributed by atoms with Gasteiger partial charge in [-0.1, -0.05) is 23.7 Å². The summed E-state index contributed by atoms with van der Waals surface area (Å²) in [5, 5.41) is 13.3. The summed E-state index contributed by atoms with van der Waals surface area (Å²) in [6, 6.07) is 10.3. The third kappa shape index (κ3) is 7.96. The maximum Gasteiger partial charge on any atom is 0.316 e. The van der Waals surface area contributed by atoms with Crippen LogP contribution in [0.4, 0.5) is 0 Å². The number of esters is 2. The van der Waals surface area contributed by atoms with E-state index in [1.165, 1.54) is 18.2 Å². The van der Waals surface area contributed by atoms with Gasteiger partial charge in [0.1, 0.15) is 12.3 Å². The van der Waals surface area contributed by atoms with Gasteiger partial charge in [0.05, 0.1) is 4.90 Å². The topological polar surface area (TPSA) is 146 Å². The Hall–Kier alpha value is -3.22. The van der Waals surface area contributed by atoms with E-state index in [0.717, 1.165) is 10.8 Å². The van der Waals surface area contributed by atoms with Crippen molar-refractivity contribution in [2.75, 3.05) is 26.2 Å². The predicted octanol–water partition coefficient (Wildman–Crippen LogP) is 3.29. The number of amides is 1. The van der Waals surface area contributed by atoms with E-state index in [1.54, 1.807) is 41.3 Å². The Morgan fingerprint density at radius 1 is 1.00 bits per heavy atom. The first-order valence-corrected chi connectivity index (χ1v) is 15.4. The van der Waals surface area contributed by atoms with Crippen LogP contribution in [0.5, 0.6) is 0 Å². The van der Waals surface area contributed by atoms with Crippen LogP contribution in [0, 0.1) is 11.3 Å². The van der Waals surface area contributed by atoms with Crippen LogP contribution in [0.25, 0.3) is 10.8 Å². The fourth-order valence-electron chi connectivity index (χ4n) is 5.32. The van der Waals surface area contributed by atoms with Crippen molar-refractivity contribution in [1.82, 2.24) is 14.5 Å². The maximum absolute atomic E-state index is 13.3. The van der Waals surface area contributed by atoms with E-state index in [2.05, 4.69) is 5.32 Å². The fourth-order valence-corrected chi connectivity index (χ4v) is 6.96. The van der Waals surface area contributed by atoms with Crippen LogP contribution >= 0.6 is 11.6 Å². The highest BCUT2D eigenvalue weighted by Gasteiger charge is 2.34. The molecule has 1 saturated carbocycles. The maximum atomic E-state index is 13.3. The molecule has 1 aliphatic carbocycles. The number of ether oxygens (including phenoxy) is 2. The molecular weight excluding hydrogens is 572 g/mol. The van der Waals surface area contributed by atoms with E-state index in [-0.39, 0.29) is 48.1 Å². The first-order valence-electron chi connectivity index (χ1n) is 13.6. The summed E-state index contributed by atoms with van der Waals surface area (Å²) >= 11 is 6.04. The lowest BCUT2D eigenvalue weighted by Gasteiger charge is -2.37. The second-order valence-electron chi connectivity index (χ2n) is 10.4. The molecule has 4 rings (SSSR count). The highest BCUT2D eigenvalue weighted by molar-refractivity contribution is 7.89. The number of hydrogen-bond acceptors (Lipinski definition) is 8. The molecule has 222 valence electrons. The van der Waals surface area contributed by atoms with Crippen LogP contribution in [0.1, 0.15) is 46.0 Å². The highest BCUT2D eigenvalue weighted by atomic mass is 35.5. The average Bonchev–Trinajstić information content (AvgIpc) is 2.92. The van der Waals surface area contributed by atoms with Crippen molar-refractivity contribution >= 4 is 56.1 Å². The first-order chi connectivity index (χ1) is 19.4. The van der Waals surface area contributed by atoms with E-state index < -0.39 is 28.3 Å². The minimum absolute atomic E-state index is 0.00680. The second-order valence-corrected chi connectivity index (χ2v) is 12.8. The van der Waals surface area contributed by atoms with Gasteiger partial charge < -0.3 is 19.7 Å². The third-order valence-corrected chi connectivity index (χ3v) is 9.50. The normalized spacial score (nSPS) is 20.7. The standard InChI is InChI=1S/C28H35ClN4O7S/c1-18(34)39-19(2)40-27(35)17-26(30)31-24-8-4-20(5-9-24)28(36)32-11-13-33(14-12-32)41(37,38)25-10-6-21-15-23(29)7-3-22(21)16-25/h3,6-7,10,15-16,19-20,24H,4-5,8-9,11-14,17H2,1-2H3,(H2,30,31). The molecule has 0 bridgehead atoms. The molecule has 1 atom stereocenters. The van der Waals surface area contributed by atoms with Crippen molar-refractivity contribution in [2.24, 2.45) is 5.92 Å². The van der Waals surface area contributed by atoms with E-state index in [4.69, 9.17) is 26.5 Å². The smallest absolute Gasteiger partial charge is 0.316 e. The quantitative estimate of drug-likeness (QED) is 0.201. The van der Waals surface area contributed by atoms with Crippen molar-refractivity contribution in [3.63, 3.8) is 0 Å². The van der Waals surface area contributed by atoms with Crippen molar-refractivity contribution in [1.29, 1.82) is 5.41 Å². The summed E-state index contributed by atoms with van der Waals surface area (Å²) in [7, 11) is -3.70. The zero-order valence-corrected chi connectivity index (χ0v) is 24.7. The molecule has 0 spiro atoms. The molecule has 1 heterocycles. The number of amidine groups is 1. The SMILES string of the molecule is CC(=O)OC(C)OC(=O)CC(=N)NC1CCC(C(=O)N2CCN(S(=O)(=O)c3ccc4cc(Cl)ccc4c3)CC2)CC1. The second kappa shape index (κ2) is 13.2. The molecule has 1 aliphatic heterocycles. The molecule has 11 nitrogen and oxygen atoms in total. The van der Waals surface area contributed by atoms with Gasteiger partial charge in [0.25, 0.3) is 0 Å². The van der Waals surface area contributed by atoms with Gasteiger partial charge in [0, 0.05) is 57.0 Å². The van der Waals surface area contributed by atoms with Crippen LogP contribution < -0.4 is 5.32 Å². The Morgan fingerprint density at radius 2 is 1.63 bits per heavy atom. The number of fused-ring (bicyclic) bond motifs is 1. The minimum Gasteiger partial charge on any atom is -0.426 e. The van der Waals surface area contributed by atoms with Crippen molar-refractivity contribution in [3.05, 3.63) is 41.4 Å². The Kier molecular flexibility index (Phi) is 9.88. The molecule has 0 radical (unpaired) electrons. The summed E-state index contributed by atoms with van der Waals surface area (Å²) in [6.07, 6.45) is 1.31. The van der Waals surface area contributed by atoms with Gasteiger partial charge in [-0.3, -0.25) is 19.8 Å². The van der Waals surface area contributed by atoms with Crippen LogP contribution in [0.2, 0.25) is 5.02 Å². The van der Waals surface area contributed by atoms with E-state index in [0.29, 0.717) is 43.8 Å². The van der Waals surface area contributed by atoms with E-state index >= 15 is 0 Å². The average molecular weight is 607 g/mol. The number of benzene rings is 2. The molecular formula is C28H35ClN4O7S. The summed E-state index contributed by atoms with van der Waals surface area (Å²) in [4.78, 5) is 38.0. The molecule has 2 N–H and O–H groups in total. The van der Waals surface area contributed by atoms with Gasteiger partial charge in [0.2, 0.25) is 22.2 Å². The fraction of sp³-hybridized carbons (Fsp3) is 0.500. The predicted molar refractivity (Wildman–Crippen MR) is 153 cm³/mol. The molecule has 0 aromatic heterocycles. The Labute approximate surface area is 244 Å². The Balaban J connectivity index is 1.22. The number of piperazine rings is 1. The van der Waals surface area contributed by atoms with Crippen molar-refractivity contribution < 1.29 is 32.3 Å². The van der Waals surface area contributed by atoms with Gasteiger partial charge in [0.15, 0.2) is 0 Å². The van der Waals surface area contributed by atoms with Gasteiger partial charge in [-0.05, 0) is 60.7 Å². The minimum atomic E-state index is -3.70. The number of carbonyl (C=O) groups excluding carboxylic acids is 3.